The Morgan fingerprint density at radius 1 is 1.50 bits per heavy atom. The van der Waals surface area contributed by atoms with Crippen molar-refractivity contribution in [3.63, 3.8) is 0 Å². The maximum absolute atomic E-state index is 12.1. The molecule has 0 spiro atoms. The lowest BCUT2D eigenvalue weighted by atomic mass is 10.2. The van der Waals surface area contributed by atoms with Crippen molar-refractivity contribution in [1.82, 2.24) is 19.8 Å². The third kappa shape index (κ3) is 2.57. The van der Waals surface area contributed by atoms with Gasteiger partial charge in [0.05, 0.1) is 10.9 Å². The molecule has 0 aromatic carbocycles. The first kappa shape index (κ1) is 13.5. The van der Waals surface area contributed by atoms with Crippen molar-refractivity contribution in [2.45, 2.75) is 32.1 Å². The zero-order valence-electron chi connectivity index (χ0n) is 11.0. The molecule has 1 unspecified atom stereocenters. The summed E-state index contributed by atoms with van der Waals surface area (Å²) in [5, 5.41) is 7.04. The molecule has 0 bridgehead atoms. The van der Waals surface area contributed by atoms with Crippen LogP contribution in [0.3, 0.4) is 0 Å². The Labute approximate surface area is 108 Å². The molecular weight excluding hydrogens is 252 g/mol. The van der Waals surface area contributed by atoms with E-state index in [2.05, 4.69) is 15.1 Å². The van der Waals surface area contributed by atoms with Gasteiger partial charge >= 0.3 is 0 Å². The minimum absolute atomic E-state index is 0.310. The SMILES string of the molecule is Cc1nn(C)c(C)c1CNS(=O)(=O)C1CCNC1. The highest BCUT2D eigenvalue weighted by Gasteiger charge is 2.28. The standard InChI is InChI=1S/C11H20N4O2S/c1-8-11(9(2)15(3)14-8)7-13-18(16,17)10-4-5-12-6-10/h10,12-13H,4-7H2,1-3H3. The van der Waals surface area contributed by atoms with E-state index in [1.807, 2.05) is 20.9 Å². The van der Waals surface area contributed by atoms with Crippen LogP contribution in [-0.4, -0.2) is 36.5 Å². The first-order chi connectivity index (χ1) is 8.42. The van der Waals surface area contributed by atoms with E-state index < -0.39 is 10.0 Å². The minimum atomic E-state index is -3.23. The highest BCUT2D eigenvalue weighted by Crippen LogP contribution is 2.14. The Morgan fingerprint density at radius 3 is 2.72 bits per heavy atom. The summed E-state index contributed by atoms with van der Waals surface area (Å²) in [5.41, 5.74) is 2.84. The molecule has 6 nitrogen and oxygen atoms in total. The van der Waals surface area contributed by atoms with Crippen molar-refractivity contribution >= 4 is 10.0 Å². The Kier molecular flexibility index (Phi) is 3.74. The van der Waals surface area contributed by atoms with Crippen LogP contribution in [0.4, 0.5) is 0 Å². The summed E-state index contributed by atoms with van der Waals surface area (Å²) >= 11 is 0. The number of hydrogen-bond donors (Lipinski definition) is 2. The molecule has 1 aliphatic heterocycles. The molecule has 102 valence electrons. The fourth-order valence-electron chi connectivity index (χ4n) is 2.26. The molecule has 1 saturated heterocycles. The van der Waals surface area contributed by atoms with Crippen LogP contribution >= 0.6 is 0 Å². The van der Waals surface area contributed by atoms with E-state index in [0.717, 1.165) is 23.5 Å². The lowest BCUT2D eigenvalue weighted by Gasteiger charge is -2.12. The van der Waals surface area contributed by atoms with Gasteiger partial charge in [0.25, 0.3) is 0 Å². The number of sulfonamides is 1. The van der Waals surface area contributed by atoms with Crippen LogP contribution in [0.2, 0.25) is 0 Å². The third-order valence-corrected chi connectivity index (χ3v) is 5.39. The second-order valence-electron chi connectivity index (χ2n) is 4.75. The minimum Gasteiger partial charge on any atom is -0.315 e. The summed E-state index contributed by atoms with van der Waals surface area (Å²) in [6.07, 6.45) is 0.681. The molecule has 0 radical (unpaired) electrons. The molecule has 1 aromatic rings. The van der Waals surface area contributed by atoms with Crippen LogP contribution in [0.15, 0.2) is 0 Å². The van der Waals surface area contributed by atoms with Gasteiger partial charge in [-0.05, 0) is 26.8 Å². The quantitative estimate of drug-likeness (QED) is 0.797. The molecule has 18 heavy (non-hydrogen) atoms. The van der Waals surface area contributed by atoms with E-state index in [-0.39, 0.29) is 5.25 Å². The van der Waals surface area contributed by atoms with Gasteiger partial charge in [-0.3, -0.25) is 4.68 Å². The fourth-order valence-corrected chi connectivity index (χ4v) is 3.60. The molecule has 2 heterocycles. The Hall–Kier alpha value is -0.920. The van der Waals surface area contributed by atoms with Crippen LogP contribution in [0.5, 0.6) is 0 Å². The van der Waals surface area contributed by atoms with Gasteiger partial charge in [0, 0.05) is 31.4 Å². The molecule has 1 aromatic heterocycles. The average molecular weight is 272 g/mol. The number of rotatable bonds is 4. The van der Waals surface area contributed by atoms with Crippen LogP contribution < -0.4 is 10.0 Å². The number of nitrogens with one attached hydrogen (secondary N) is 2. The van der Waals surface area contributed by atoms with Crippen molar-refractivity contribution < 1.29 is 8.42 Å². The van der Waals surface area contributed by atoms with E-state index in [1.165, 1.54) is 0 Å². The lowest BCUT2D eigenvalue weighted by molar-refractivity contribution is 0.567. The first-order valence-electron chi connectivity index (χ1n) is 6.10. The molecule has 2 rings (SSSR count). The zero-order chi connectivity index (χ0) is 13.3. The number of hydrogen-bond acceptors (Lipinski definition) is 4. The molecule has 0 aliphatic carbocycles. The molecule has 1 atom stereocenters. The normalized spacial score (nSPS) is 20.5. The molecule has 1 fully saturated rings. The summed E-state index contributed by atoms with van der Waals surface area (Å²) in [6, 6.07) is 0. The monoisotopic (exact) mass is 272 g/mol. The third-order valence-electron chi connectivity index (χ3n) is 3.56. The van der Waals surface area contributed by atoms with Crippen molar-refractivity contribution in [3.05, 3.63) is 17.0 Å². The predicted molar refractivity (Wildman–Crippen MR) is 69.7 cm³/mol. The molecule has 0 saturated carbocycles. The first-order valence-corrected chi connectivity index (χ1v) is 7.64. The van der Waals surface area contributed by atoms with Gasteiger partial charge in [-0.15, -0.1) is 0 Å². The largest absolute Gasteiger partial charge is 0.315 e. The van der Waals surface area contributed by atoms with Crippen molar-refractivity contribution in [3.8, 4) is 0 Å². The lowest BCUT2D eigenvalue weighted by Crippen LogP contribution is -2.35. The van der Waals surface area contributed by atoms with Crippen molar-refractivity contribution in [1.29, 1.82) is 0 Å². The molecule has 2 N–H and O–H groups in total. The summed E-state index contributed by atoms with van der Waals surface area (Å²) in [6.45, 7) is 5.48. The maximum atomic E-state index is 12.1. The zero-order valence-corrected chi connectivity index (χ0v) is 11.8. The van der Waals surface area contributed by atoms with Gasteiger partial charge in [0.2, 0.25) is 10.0 Å². The summed E-state index contributed by atoms with van der Waals surface area (Å²) in [7, 11) is -1.37. The molecular formula is C11H20N4O2S. The van der Waals surface area contributed by atoms with Gasteiger partial charge in [0.15, 0.2) is 0 Å². The Morgan fingerprint density at radius 2 is 2.22 bits per heavy atom. The summed E-state index contributed by atoms with van der Waals surface area (Å²) in [4.78, 5) is 0. The van der Waals surface area contributed by atoms with Crippen molar-refractivity contribution in [2.24, 2.45) is 7.05 Å². The van der Waals surface area contributed by atoms with Crippen molar-refractivity contribution in [2.75, 3.05) is 13.1 Å². The van der Waals surface area contributed by atoms with Crippen LogP contribution in [-0.2, 0) is 23.6 Å². The summed E-state index contributed by atoms with van der Waals surface area (Å²) in [5.74, 6) is 0. The van der Waals surface area contributed by atoms with Crippen LogP contribution in [0.1, 0.15) is 23.4 Å². The highest BCUT2D eigenvalue weighted by molar-refractivity contribution is 7.90. The van der Waals surface area contributed by atoms with E-state index in [1.54, 1.807) is 4.68 Å². The van der Waals surface area contributed by atoms with E-state index in [0.29, 0.717) is 19.5 Å². The molecule has 0 amide bonds. The maximum Gasteiger partial charge on any atom is 0.216 e. The molecule has 7 heteroatoms. The molecule has 1 aliphatic rings. The Bertz CT molecular complexity index is 529. The average Bonchev–Trinajstić information content (AvgIpc) is 2.88. The van der Waals surface area contributed by atoms with Crippen LogP contribution in [0.25, 0.3) is 0 Å². The van der Waals surface area contributed by atoms with Gasteiger partial charge < -0.3 is 5.32 Å². The van der Waals surface area contributed by atoms with Crippen LogP contribution in [0, 0.1) is 13.8 Å². The number of aryl methyl sites for hydroxylation is 2. The van der Waals surface area contributed by atoms with E-state index in [9.17, 15) is 8.42 Å². The second-order valence-corrected chi connectivity index (χ2v) is 6.80. The summed E-state index contributed by atoms with van der Waals surface area (Å²) < 4.78 is 28.6. The number of nitrogens with zero attached hydrogens (tertiary/aromatic N) is 2. The van der Waals surface area contributed by atoms with E-state index in [4.69, 9.17) is 0 Å². The van der Waals surface area contributed by atoms with Gasteiger partial charge in [-0.2, -0.15) is 5.10 Å². The smallest absolute Gasteiger partial charge is 0.216 e. The fraction of sp³-hybridized carbons (Fsp3) is 0.727. The Balaban J connectivity index is 2.07. The van der Waals surface area contributed by atoms with E-state index >= 15 is 0 Å². The van der Waals surface area contributed by atoms with Gasteiger partial charge in [-0.1, -0.05) is 0 Å². The topological polar surface area (TPSA) is 76.0 Å². The second kappa shape index (κ2) is 4.99. The van der Waals surface area contributed by atoms with Gasteiger partial charge in [-0.25, -0.2) is 13.1 Å². The highest BCUT2D eigenvalue weighted by atomic mass is 32.2. The predicted octanol–water partition coefficient (Wildman–Crippen LogP) is -0.182. The number of aromatic nitrogens is 2. The van der Waals surface area contributed by atoms with Gasteiger partial charge in [0.1, 0.15) is 0 Å².